The van der Waals surface area contributed by atoms with Crippen LogP contribution >= 0.6 is 0 Å². The van der Waals surface area contributed by atoms with Gasteiger partial charge in [-0.25, -0.2) is 8.42 Å². The van der Waals surface area contributed by atoms with Gasteiger partial charge in [0, 0.05) is 22.7 Å². The number of aryl methyl sites for hydroxylation is 1. The molecule has 0 unspecified atom stereocenters. The molecule has 1 heterocycles. The Kier molecular flexibility index (Phi) is 3.46. The van der Waals surface area contributed by atoms with Crippen LogP contribution in [-0.2, 0) is 10.0 Å². The Labute approximate surface area is 127 Å². The first-order valence-electron chi connectivity index (χ1n) is 6.67. The Morgan fingerprint density at radius 1 is 1.00 bits per heavy atom. The Balaban J connectivity index is 2.03. The van der Waals surface area contributed by atoms with Crippen molar-refractivity contribution in [3.8, 4) is 0 Å². The standard InChI is InChI=1S/C16H14N2O3S/c1-11-9-16(19)17-15-8-7-12(10-14(11)15)18-22(20,21)13-5-3-2-4-6-13/h2-10,18H,1H3,(H,17,19). The van der Waals surface area contributed by atoms with E-state index in [0.29, 0.717) is 11.2 Å². The van der Waals surface area contributed by atoms with Crippen LogP contribution in [0.1, 0.15) is 5.56 Å². The Morgan fingerprint density at radius 3 is 2.45 bits per heavy atom. The zero-order chi connectivity index (χ0) is 15.7. The molecule has 3 aromatic rings. The third-order valence-corrected chi connectivity index (χ3v) is 4.75. The van der Waals surface area contributed by atoms with Crippen LogP contribution in [0.25, 0.3) is 10.9 Å². The van der Waals surface area contributed by atoms with Crippen LogP contribution in [0.4, 0.5) is 5.69 Å². The number of aromatic nitrogens is 1. The predicted octanol–water partition coefficient (Wildman–Crippen LogP) is 2.64. The van der Waals surface area contributed by atoms with Crippen molar-refractivity contribution in [3.05, 3.63) is 70.5 Å². The normalized spacial score (nSPS) is 11.5. The van der Waals surface area contributed by atoms with Crippen molar-refractivity contribution in [2.75, 3.05) is 4.72 Å². The summed E-state index contributed by atoms with van der Waals surface area (Å²) in [6, 6.07) is 14.7. The summed E-state index contributed by atoms with van der Waals surface area (Å²) in [6.45, 7) is 1.81. The van der Waals surface area contributed by atoms with Crippen LogP contribution in [0.5, 0.6) is 0 Å². The van der Waals surface area contributed by atoms with E-state index in [1.54, 1.807) is 36.4 Å². The highest BCUT2D eigenvalue weighted by atomic mass is 32.2. The molecule has 0 atom stereocenters. The van der Waals surface area contributed by atoms with E-state index in [1.165, 1.54) is 18.2 Å². The van der Waals surface area contributed by atoms with Gasteiger partial charge < -0.3 is 4.98 Å². The summed E-state index contributed by atoms with van der Waals surface area (Å²) in [5, 5.41) is 0.799. The second-order valence-corrected chi connectivity index (χ2v) is 6.68. The highest BCUT2D eigenvalue weighted by Gasteiger charge is 2.13. The number of fused-ring (bicyclic) bond motifs is 1. The number of aromatic amines is 1. The maximum Gasteiger partial charge on any atom is 0.261 e. The minimum atomic E-state index is -3.62. The fourth-order valence-electron chi connectivity index (χ4n) is 2.30. The molecule has 0 saturated carbocycles. The Hall–Kier alpha value is -2.60. The van der Waals surface area contributed by atoms with Crippen LogP contribution in [0, 0.1) is 6.92 Å². The second-order valence-electron chi connectivity index (χ2n) is 5.00. The van der Waals surface area contributed by atoms with Crippen molar-refractivity contribution in [3.63, 3.8) is 0 Å². The average Bonchev–Trinajstić information content (AvgIpc) is 2.48. The van der Waals surface area contributed by atoms with E-state index < -0.39 is 10.0 Å². The SMILES string of the molecule is Cc1cc(=O)[nH]c2ccc(NS(=O)(=O)c3ccccc3)cc12. The molecule has 6 heteroatoms. The molecule has 22 heavy (non-hydrogen) atoms. The van der Waals surface area contributed by atoms with Gasteiger partial charge in [0.15, 0.2) is 0 Å². The largest absolute Gasteiger partial charge is 0.322 e. The quantitative estimate of drug-likeness (QED) is 0.780. The fraction of sp³-hybridized carbons (Fsp3) is 0.0625. The molecule has 0 aliphatic heterocycles. The number of nitrogens with one attached hydrogen (secondary N) is 2. The highest BCUT2D eigenvalue weighted by molar-refractivity contribution is 7.92. The number of benzene rings is 2. The van der Waals surface area contributed by atoms with Gasteiger partial charge in [-0.2, -0.15) is 0 Å². The smallest absolute Gasteiger partial charge is 0.261 e. The number of anilines is 1. The van der Waals surface area contributed by atoms with E-state index in [2.05, 4.69) is 9.71 Å². The summed E-state index contributed by atoms with van der Waals surface area (Å²) in [6.07, 6.45) is 0. The van der Waals surface area contributed by atoms with Crippen LogP contribution in [0.15, 0.2) is 64.3 Å². The van der Waals surface area contributed by atoms with Gasteiger partial charge in [-0.3, -0.25) is 9.52 Å². The van der Waals surface area contributed by atoms with Crippen molar-refractivity contribution < 1.29 is 8.42 Å². The number of pyridine rings is 1. The number of sulfonamides is 1. The van der Waals surface area contributed by atoms with E-state index in [-0.39, 0.29) is 10.5 Å². The lowest BCUT2D eigenvalue weighted by molar-refractivity contribution is 0.601. The van der Waals surface area contributed by atoms with Crippen LogP contribution in [-0.4, -0.2) is 13.4 Å². The number of rotatable bonds is 3. The summed E-state index contributed by atoms with van der Waals surface area (Å²) in [5.74, 6) is 0. The molecule has 1 aromatic heterocycles. The number of hydrogen-bond acceptors (Lipinski definition) is 3. The molecule has 3 rings (SSSR count). The lowest BCUT2D eigenvalue weighted by Crippen LogP contribution is -2.13. The van der Waals surface area contributed by atoms with Gasteiger partial charge >= 0.3 is 0 Å². The predicted molar refractivity (Wildman–Crippen MR) is 86.6 cm³/mol. The average molecular weight is 314 g/mol. The molecule has 2 aromatic carbocycles. The molecular formula is C16H14N2O3S. The first-order chi connectivity index (χ1) is 10.5. The van der Waals surface area contributed by atoms with Gasteiger partial charge in [-0.1, -0.05) is 18.2 Å². The highest BCUT2D eigenvalue weighted by Crippen LogP contribution is 2.22. The fourth-order valence-corrected chi connectivity index (χ4v) is 3.37. The van der Waals surface area contributed by atoms with Crippen molar-refractivity contribution in [2.24, 2.45) is 0 Å². The summed E-state index contributed by atoms with van der Waals surface area (Å²) < 4.78 is 27.2. The van der Waals surface area contributed by atoms with Crippen molar-refractivity contribution in [2.45, 2.75) is 11.8 Å². The first-order valence-corrected chi connectivity index (χ1v) is 8.15. The maximum atomic E-state index is 12.3. The van der Waals surface area contributed by atoms with Crippen molar-refractivity contribution in [1.82, 2.24) is 4.98 Å². The molecule has 0 saturated heterocycles. The van der Waals surface area contributed by atoms with Crippen LogP contribution in [0.3, 0.4) is 0 Å². The third kappa shape index (κ3) is 2.73. The van der Waals surface area contributed by atoms with Crippen molar-refractivity contribution >= 4 is 26.6 Å². The molecule has 5 nitrogen and oxygen atoms in total. The Bertz CT molecular complexity index is 993. The van der Waals surface area contributed by atoms with E-state index in [1.807, 2.05) is 6.92 Å². The second kappa shape index (κ2) is 5.31. The van der Waals surface area contributed by atoms with E-state index >= 15 is 0 Å². The lowest BCUT2D eigenvalue weighted by Gasteiger charge is -2.09. The van der Waals surface area contributed by atoms with Gasteiger partial charge in [0.05, 0.1) is 4.90 Å². The topological polar surface area (TPSA) is 79.0 Å². The van der Waals surface area contributed by atoms with Gasteiger partial charge in [0.2, 0.25) is 5.56 Å². The maximum absolute atomic E-state index is 12.3. The molecule has 0 bridgehead atoms. The first kappa shape index (κ1) is 14.3. The molecule has 2 N–H and O–H groups in total. The van der Waals surface area contributed by atoms with Crippen LogP contribution in [0.2, 0.25) is 0 Å². The summed E-state index contributed by atoms with van der Waals surface area (Å²) in [7, 11) is -3.62. The molecule has 0 spiro atoms. The monoisotopic (exact) mass is 314 g/mol. The van der Waals surface area contributed by atoms with E-state index in [4.69, 9.17) is 0 Å². The minimum absolute atomic E-state index is 0.178. The zero-order valence-corrected chi connectivity index (χ0v) is 12.6. The molecule has 0 amide bonds. The van der Waals surface area contributed by atoms with Gasteiger partial charge in [-0.05, 0) is 42.8 Å². The van der Waals surface area contributed by atoms with Crippen LogP contribution < -0.4 is 10.3 Å². The number of hydrogen-bond donors (Lipinski definition) is 2. The molecule has 112 valence electrons. The third-order valence-electron chi connectivity index (χ3n) is 3.36. The molecule has 0 aliphatic carbocycles. The summed E-state index contributed by atoms with van der Waals surface area (Å²) in [5.41, 5.74) is 1.74. The Morgan fingerprint density at radius 2 is 1.73 bits per heavy atom. The lowest BCUT2D eigenvalue weighted by atomic mass is 10.1. The van der Waals surface area contributed by atoms with Gasteiger partial charge in [0.1, 0.15) is 0 Å². The molecule has 0 aliphatic rings. The van der Waals surface area contributed by atoms with E-state index in [9.17, 15) is 13.2 Å². The summed E-state index contributed by atoms with van der Waals surface area (Å²) in [4.78, 5) is 14.4. The minimum Gasteiger partial charge on any atom is -0.322 e. The van der Waals surface area contributed by atoms with Gasteiger partial charge in [-0.15, -0.1) is 0 Å². The van der Waals surface area contributed by atoms with E-state index in [0.717, 1.165) is 10.9 Å². The number of H-pyrrole nitrogens is 1. The molecular weight excluding hydrogens is 300 g/mol. The van der Waals surface area contributed by atoms with Gasteiger partial charge in [0.25, 0.3) is 10.0 Å². The summed E-state index contributed by atoms with van der Waals surface area (Å²) >= 11 is 0. The van der Waals surface area contributed by atoms with Crippen molar-refractivity contribution in [1.29, 1.82) is 0 Å². The zero-order valence-electron chi connectivity index (χ0n) is 11.8. The molecule has 0 fully saturated rings. The molecule has 0 radical (unpaired) electrons.